The van der Waals surface area contributed by atoms with Crippen molar-refractivity contribution in [3.8, 4) is 16.5 Å². The molecule has 8 heteroatoms. The van der Waals surface area contributed by atoms with Crippen LogP contribution in [0.1, 0.15) is 69.0 Å². The van der Waals surface area contributed by atoms with Crippen molar-refractivity contribution in [1.29, 1.82) is 0 Å². The molecular formula is C23H30ClN3O3S. The summed E-state index contributed by atoms with van der Waals surface area (Å²) in [6.07, 6.45) is 12.0. The van der Waals surface area contributed by atoms with Gasteiger partial charge in [-0.3, -0.25) is 0 Å². The van der Waals surface area contributed by atoms with Crippen LogP contribution in [-0.4, -0.2) is 40.2 Å². The molecule has 0 spiro atoms. The Morgan fingerprint density at radius 1 is 1.19 bits per heavy atom. The molecular weight excluding hydrogens is 434 g/mol. The zero-order valence-corrected chi connectivity index (χ0v) is 19.8. The minimum absolute atomic E-state index is 0.162. The topological polar surface area (TPSA) is 64.5 Å². The normalized spacial score (nSPS) is 17.6. The van der Waals surface area contributed by atoms with Crippen LogP contribution in [0.2, 0.25) is 4.34 Å². The molecule has 0 radical (unpaired) electrons. The Kier molecular flexibility index (Phi) is 7.33. The molecule has 0 bridgehead atoms. The first-order chi connectivity index (χ1) is 15.0. The van der Waals surface area contributed by atoms with Crippen LogP contribution in [0, 0.1) is 6.92 Å². The second-order valence-electron chi connectivity index (χ2n) is 8.53. The van der Waals surface area contributed by atoms with Crippen molar-refractivity contribution in [1.82, 2.24) is 14.9 Å². The monoisotopic (exact) mass is 463 g/mol. The van der Waals surface area contributed by atoms with E-state index in [1.165, 1.54) is 43.4 Å². The van der Waals surface area contributed by atoms with Gasteiger partial charge in [0.05, 0.1) is 21.1 Å². The maximum Gasteiger partial charge on any atom is 0.410 e. The molecule has 6 nitrogen and oxygen atoms in total. The fraction of sp³-hybridized carbons (Fsp3) is 0.609. The van der Waals surface area contributed by atoms with Gasteiger partial charge in [0, 0.05) is 18.7 Å². The quantitative estimate of drug-likeness (QED) is 0.496. The molecule has 2 aliphatic rings. The van der Waals surface area contributed by atoms with E-state index in [2.05, 4.69) is 4.98 Å². The number of ether oxygens (including phenoxy) is 2. The lowest BCUT2D eigenvalue weighted by Crippen LogP contribution is -2.35. The lowest BCUT2D eigenvalue weighted by atomic mass is 9.98. The Morgan fingerprint density at radius 3 is 2.61 bits per heavy atom. The first-order valence-electron chi connectivity index (χ1n) is 11.2. The fourth-order valence-corrected chi connectivity index (χ4v) is 5.65. The molecule has 2 aromatic heterocycles. The number of rotatable bonds is 6. The SMILES string of the molecule is Cc1nc(-c2sc(Cl)cc2COC(=O)N(C)C2CCCC2)cnc1OC1CCCCC1. The summed E-state index contributed by atoms with van der Waals surface area (Å²) in [5.74, 6) is 0.601. The number of carbonyl (C=O) groups is 1. The van der Waals surface area contributed by atoms with Gasteiger partial charge in [0.15, 0.2) is 0 Å². The number of halogens is 1. The van der Waals surface area contributed by atoms with E-state index in [1.54, 1.807) is 11.1 Å². The second kappa shape index (κ2) is 10.2. The smallest absolute Gasteiger partial charge is 0.410 e. The largest absolute Gasteiger partial charge is 0.473 e. The van der Waals surface area contributed by atoms with E-state index >= 15 is 0 Å². The van der Waals surface area contributed by atoms with E-state index < -0.39 is 0 Å². The molecule has 0 saturated heterocycles. The molecule has 2 aromatic rings. The van der Waals surface area contributed by atoms with Crippen molar-refractivity contribution >= 4 is 29.0 Å². The summed E-state index contributed by atoms with van der Waals surface area (Å²) >= 11 is 7.71. The standard InChI is InChI=1S/C23H30ClN3O3S/c1-15-22(30-18-10-4-3-5-11-18)25-13-19(26-15)21-16(12-20(24)31-21)14-29-23(28)27(2)17-8-6-7-9-17/h12-13,17-18H,3-11,14H2,1-2H3. The second-order valence-corrected chi connectivity index (χ2v) is 10.2. The van der Waals surface area contributed by atoms with Crippen LogP contribution >= 0.6 is 22.9 Å². The van der Waals surface area contributed by atoms with E-state index in [0.717, 1.165) is 47.5 Å². The van der Waals surface area contributed by atoms with Crippen LogP contribution in [-0.2, 0) is 11.3 Å². The summed E-state index contributed by atoms with van der Waals surface area (Å²) in [6.45, 7) is 2.08. The highest BCUT2D eigenvalue weighted by molar-refractivity contribution is 7.19. The lowest BCUT2D eigenvalue weighted by molar-refractivity contribution is 0.0920. The molecule has 2 saturated carbocycles. The van der Waals surface area contributed by atoms with Gasteiger partial charge in [0.25, 0.3) is 0 Å². The van der Waals surface area contributed by atoms with E-state index in [0.29, 0.717) is 10.2 Å². The number of aromatic nitrogens is 2. The predicted octanol–water partition coefficient (Wildman–Crippen LogP) is 6.39. The Balaban J connectivity index is 1.43. The summed E-state index contributed by atoms with van der Waals surface area (Å²) in [7, 11) is 1.82. The maximum absolute atomic E-state index is 12.5. The average Bonchev–Trinajstić information content (AvgIpc) is 3.43. The molecule has 1 amide bonds. The molecule has 2 aliphatic carbocycles. The van der Waals surface area contributed by atoms with Crippen molar-refractivity contribution in [3.63, 3.8) is 0 Å². The Labute approximate surface area is 192 Å². The summed E-state index contributed by atoms with van der Waals surface area (Å²) < 4.78 is 12.3. The van der Waals surface area contributed by atoms with Crippen LogP contribution in [0.4, 0.5) is 4.79 Å². The van der Waals surface area contributed by atoms with Gasteiger partial charge in [0.1, 0.15) is 18.4 Å². The highest BCUT2D eigenvalue weighted by Crippen LogP contribution is 2.36. The molecule has 2 heterocycles. The summed E-state index contributed by atoms with van der Waals surface area (Å²) in [5, 5.41) is 0. The zero-order valence-electron chi connectivity index (χ0n) is 18.2. The third-order valence-electron chi connectivity index (χ3n) is 6.26. The maximum atomic E-state index is 12.5. The first-order valence-corrected chi connectivity index (χ1v) is 12.4. The van der Waals surface area contributed by atoms with E-state index in [4.69, 9.17) is 26.1 Å². The van der Waals surface area contributed by atoms with Gasteiger partial charge in [-0.05, 0) is 51.5 Å². The molecule has 4 rings (SSSR count). The summed E-state index contributed by atoms with van der Waals surface area (Å²) in [4.78, 5) is 24.3. The van der Waals surface area contributed by atoms with Crippen LogP contribution < -0.4 is 4.74 Å². The Hall–Kier alpha value is -1.86. The fourth-order valence-electron chi connectivity index (χ4n) is 4.44. The average molecular weight is 464 g/mol. The number of aryl methyl sites for hydroxylation is 1. The number of thiophene rings is 1. The highest BCUT2D eigenvalue weighted by atomic mass is 35.5. The van der Waals surface area contributed by atoms with Crippen LogP contribution in [0.25, 0.3) is 10.6 Å². The number of nitrogens with zero attached hydrogens (tertiary/aromatic N) is 3. The molecule has 0 atom stereocenters. The molecule has 0 aromatic carbocycles. The molecule has 168 valence electrons. The number of hydrogen-bond donors (Lipinski definition) is 0. The van der Waals surface area contributed by atoms with Crippen molar-refractivity contribution in [2.24, 2.45) is 0 Å². The third kappa shape index (κ3) is 5.50. The van der Waals surface area contributed by atoms with Gasteiger partial charge in [0.2, 0.25) is 5.88 Å². The van der Waals surface area contributed by atoms with Gasteiger partial charge in [-0.25, -0.2) is 14.8 Å². The molecule has 0 aliphatic heterocycles. The number of carbonyl (C=O) groups excluding carboxylic acids is 1. The Bertz CT molecular complexity index is 907. The van der Waals surface area contributed by atoms with E-state index in [-0.39, 0.29) is 24.8 Å². The van der Waals surface area contributed by atoms with Gasteiger partial charge < -0.3 is 14.4 Å². The van der Waals surface area contributed by atoms with Crippen molar-refractivity contribution in [2.45, 2.75) is 83.5 Å². The van der Waals surface area contributed by atoms with Crippen LogP contribution in [0.3, 0.4) is 0 Å². The highest BCUT2D eigenvalue weighted by Gasteiger charge is 2.25. The number of hydrogen-bond acceptors (Lipinski definition) is 6. The van der Waals surface area contributed by atoms with Gasteiger partial charge in [-0.15, -0.1) is 11.3 Å². The van der Waals surface area contributed by atoms with Crippen molar-refractivity contribution < 1.29 is 14.3 Å². The van der Waals surface area contributed by atoms with Crippen LogP contribution in [0.15, 0.2) is 12.3 Å². The summed E-state index contributed by atoms with van der Waals surface area (Å²) in [6, 6.07) is 2.12. The predicted molar refractivity (Wildman–Crippen MR) is 123 cm³/mol. The minimum Gasteiger partial charge on any atom is -0.473 e. The van der Waals surface area contributed by atoms with E-state index in [9.17, 15) is 4.79 Å². The zero-order chi connectivity index (χ0) is 21.8. The van der Waals surface area contributed by atoms with Gasteiger partial charge in [-0.2, -0.15) is 0 Å². The Morgan fingerprint density at radius 2 is 1.90 bits per heavy atom. The summed E-state index contributed by atoms with van der Waals surface area (Å²) in [5.41, 5.74) is 2.33. The van der Waals surface area contributed by atoms with Crippen LogP contribution in [0.5, 0.6) is 5.88 Å². The first kappa shape index (κ1) is 22.3. The van der Waals surface area contributed by atoms with Crippen molar-refractivity contribution in [3.05, 3.63) is 27.9 Å². The van der Waals surface area contributed by atoms with Crippen molar-refractivity contribution in [2.75, 3.05) is 7.05 Å². The van der Waals surface area contributed by atoms with E-state index in [1.807, 2.05) is 20.0 Å². The minimum atomic E-state index is -0.293. The van der Waals surface area contributed by atoms with Gasteiger partial charge in [-0.1, -0.05) is 30.9 Å². The van der Waals surface area contributed by atoms with Gasteiger partial charge >= 0.3 is 6.09 Å². The molecule has 0 unspecified atom stereocenters. The third-order valence-corrected chi connectivity index (χ3v) is 7.58. The molecule has 31 heavy (non-hydrogen) atoms. The molecule has 2 fully saturated rings. The lowest BCUT2D eigenvalue weighted by Gasteiger charge is -2.23. The molecule has 0 N–H and O–H groups in total. The number of amides is 1.